The Kier molecular flexibility index (Phi) is 3.68. The Balaban J connectivity index is 2.39. The lowest BCUT2D eigenvalue weighted by atomic mass is 9.95. The van der Waals surface area contributed by atoms with E-state index in [4.69, 9.17) is 11.6 Å². The van der Waals surface area contributed by atoms with Gasteiger partial charge >= 0.3 is 0 Å². The molecule has 0 fully saturated rings. The minimum atomic E-state index is -0.303. The maximum Gasteiger partial charge on any atom is 0.225 e. The molecule has 1 aliphatic rings. The number of nitrogens with zero attached hydrogens (tertiary/aromatic N) is 1. The summed E-state index contributed by atoms with van der Waals surface area (Å²) in [6.45, 7) is 0.564. The molecule has 1 heterocycles. The molecule has 4 nitrogen and oxygen atoms in total. The summed E-state index contributed by atoms with van der Waals surface area (Å²) in [7, 11) is 3.78. The van der Waals surface area contributed by atoms with Gasteiger partial charge < -0.3 is 10.2 Å². The fourth-order valence-corrected chi connectivity index (χ4v) is 2.33. The number of hydrogen-bond acceptors (Lipinski definition) is 3. The fourth-order valence-electron chi connectivity index (χ4n) is 2.16. The zero-order valence-corrected chi connectivity index (χ0v) is 11.1. The number of carbonyl (C=O) groups excluding carboxylic acids is 2. The SMILES string of the molecule is CN(C)CC1CC(=O)Nc2cc(Cl)ccc2C1=O. The Hall–Kier alpha value is -1.39. The Labute approximate surface area is 111 Å². The summed E-state index contributed by atoms with van der Waals surface area (Å²) in [4.78, 5) is 26.1. The van der Waals surface area contributed by atoms with Crippen molar-refractivity contribution in [3.05, 3.63) is 28.8 Å². The van der Waals surface area contributed by atoms with Crippen LogP contribution in [0.3, 0.4) is 0 Å². The van der Waals surface area contributed by atoms with E-state index < -0.39 is 0 Å². The molecule has 0 aromatic heterocycles. The van der Waals surface area contributed by atoms with Gasteiger partial charge in [0.05, 0.1) is 5.69 Å². The molecule has 1 aliphatic heterocycles. The first kappa shape index (κ1) is 13.1. The standard InChI is InChI=1S/C13H15ClN2O2/c1-16(2)7-8-5-12(17)15-11-6-9(14)3-4-10(11)13(8)18/h3-4,6,8H,5,7H2,1-2H3,(H,15,17). The van der Waals surface area contributed by atoms with Gasteiger partial charge in [-0.05, 0) is 32.3 Å². The van der Waals surface area contributed by atoms with E-state index in [2.05, 4.69) is 5.32 Å². The Morgan fingerprint density at radius 1 is 1.39 bits per heavy atom. The average Bonchev–Trinajstić information content (AvgIpc) is 2.36. The molecule has 5 heteroatoms. The van der Waals surface area contributed by atoms with E-state index in [-0.39, 0.29) is 24.0 Å². The highest BCUT2D eigenvalue weighted by molar-refractivity contribution is 6.31. The average molecular weight is 267 g/mol. The smallest absolute Gasteiger partial charge is 0.225 e. The summed E-state index contributed by atoms with van der Waals surface area (Å²) in [6.07, 6.45) is 0.212. The van der Waals surface area contributed by atoms with Crippen LogP contribution in [-0.4, -0.2) is 37.2 Å². The van der Waals surface area contributed by atoms with Gasteiger partial charge in [0.1, 0.15) is 0 Å². The molecule has 1 atom stereocenters. The lowest BCUT2D eigenvalue weighted by molar-refractivity contribution is -0.116. The van der Waals surface area contributed by atoms with Gasteiger partial charge in [-0.15, -0.1) is 0 Å². The molecule has 2 rings (SSSR count). The molecule has 18 heavy (non-hydrogen) atoms. The summed E-state index contributed by atoms with van der Waals surface area (Å²) in [6, 6.07) is 4.96. The normalized spacial score (nSPS) is 19.4. The number of fused-ring (bicyclic) bond motifs is 1. The number of benzene rings is 1. The summed E-state index contributed by atoms with van der Waals surface area (Å²) >= 11 is 5.88. The minimum absolute atomic E-state index is 0.00582. The van der Waals surface area contributed by atoms with E-state index in [1.165, 1.54) is 0 Å². The summed E-state index contributed by atoms with van der Waals surface area (Å²) < 4.78 is 0. The van der Waals surface area contributed by atoms with Crippen LogP contribution in [0, 0.1) is 5.92 Å². The molecule has 0 bridgehead atoms. The molecule has 0 aliphatic carbocycles. The lowest BCUT2D eigenvalue weighted by Gasteiger charge is -2.17. The molecular weight excluding hydrogens is 252 g/mol. The van der Waals surface area contributed by atoms with E-state index in [0.717, 1.165) is 0 Å². The molecule has 1 aromatic rings. The molecule has 1 amide bonds. The Morgan fingerprint density at radius 2 is 2.11 bits per heavy atom. The first-order valence-corrected chi connectivity index (χ1v) is 6.13. The third kappa shape index (κ3) is 2.71. The number of nitrogens with one attached hydrogen (secondary N) is 1. The van der Waals surface area contributed by atoms with Crippen LogP contribution in [0.15, 0.2) is 18.2 Å². The van der Waals surface area contributed by atoms with Gasteiger partial charge in [-0.2, -0.15) is 0 Å². The van der Waals surface area contributed by atoms with Gasteiger partial charge in [0, 0.05) is 29.5 Å². The van der Waals surface area contributed by atoms with Gasteiger partial charge in [0.15, 0.2) is 5.78 Å². The van der Waals surface area contributed by atoms with Crippen molar-refractivity contribution in [2.24, 2.45) is 5.92 Å². The molecule has 0 spiro atoms. The van der Waals surface area contributed by atoms with Crippen LogP contribution in [0.1, 0.15) is 16.8 Å². The fraction of sp³-hybridized carbons (Fsp3) is 0.385. The van der Waals surface area contributed by atoms with E-state index >= 15 is 0 Å². The van der Waals surface area contributed by atoms with E-state index in [9.17, 15) is 9.59 Å². The maximum absolute atomic E-state index is 12.4. The van der Waals surface area contributed by atoms with Crippen LogP contribution in [0.2, 0.25) is 5.02 Å². The number of amides is 1. The number of ketones is 1. The molecule has 1 unspecified atom stereocenters. The van der Waals surface area contributed by atoms with Gasteiger partial charge in [-0.1, -0.05) is 11.6 Å². The zero-order valence-electron chi connectivity index (χ0n) is 10.4. The summed E-state index contributed by atoms with van der Waals surface area (Å²) in [5, 5.41) is 3.24. The van der Waals surface area contributed by atoms with Crippen LogP contribution in [-0.2, 0) is 4.79 Å². The predicted molar refractivity (Wildman–Crippen MR) is 71.1 cm³/mol. The molecular formula is C13H15ClN2O2. The number of Topliss-reactive ketones (excluding diaryl/α,β-unsaturated/α-hetero) is 1. The third-order valence-corrected chi connectivity index (χ3v) is 3.14. The highest BCUT2D eigenvalue weighted by Crippen LogP contribution is 2.28. The van der Waals surface area contributed by atoms with Crippen LogP contribution in [0.25, 0.3) is 0 Å². The van der Waals surface area contributed by atoms with Crippen LogP contribution in [0.4, 0.5) is 5.69 Å². The van der Waals surface area contributed by atoms with Crippen molar-refractivity contribution in [3.63, 3.8) is 0 Å². The van der Waals surface area contributed by atoms with E-state index in [0.29, 0.717) is 22.8 Å². The first-order valence-electron chi connectivity index (χ1n) is 5.75. The number of hydrogen-bond donors (Lipinski definition) is 1. The topological polar surface area (TPSA) is 49.4 Å². The van der Waals surface area contributed by atoms with Gasteiger partial charge in [-0.3, -0.25) is 9.59 Å². The maximum atomic E-state index is 12.4. The number of rotatable bonds is 2. The lowest BCUT2D eigenvalue weighted by Crippen LogP contribution is -2.29. The molecule has 1 N–H and O–H groups in total. The second kappa shape index (κ2) is 5.08. The van der Waals surface area contributed by atoms with Crippen molar-refractivity contribution in [3.8, 4) is 0 Å². The van der Waals surface area contributed by atoms with Crippen molar-refractivity contribution in [2.75, 3.05) is 26.0 Å². The number of carbonyl (C=O) groups is 2. The van der Waals surface area contributed by atoms with Gasteiger partial charge in [0.25, 0.3) is 0 Å². The monoisotopic (exact) mass is 266 g/mol. The van der Waals surface area contributed by atoms with Gasteiger partial charge in [0.2, 0.25) is 5.91 Å². The van der Waals surface area contributed by atoms with E-state index in [1.54, 1.807) is 18.2 Å². The highest BCUT2D eigenvalue weighted by atomic mass is 35.5. The largest absolute Gasteiger partial charge is 0.325 e. The molecule has 0 radical (unpaired) electrons. The van der Waals surface area contributed by atoms with Crippen LogP contribution in [0.5, 0.6) is 0 Å². The molecule has 96 valence electrons. The first-order chi connectivity index (χ1) is 8.47. The molecule has 0 saturated carbocycles. The van der Waals surface area contributed by atoms with Crippen LogP contribution < -0.4 is 5.32 Å². The van der Waals surface area contributed by atoms with Crippen molar-refractivity contribution in [1.82, 2.24) is 4.90 Å². The summed E-state index contributed by atoms with van der Waals surface area (Å²) in [5.74, 6) is -0.452. The Bertz CT molecular complexity index is 500. The highest BCUT2D eigenvalue weighted by Gasteiger charge is 2.29. The second-order valence-electron chi connectivity index (χ2n) is 4.77. The summed E-state index contributed by atoms with van der Waals surface area (Å²) in [5.41, 5.74) is 1.05. The second-order valence-corrected chi connectivity index (χ2v) is 5.20. The number of halogens is 1. The van der Waals surface area contributed by atoms with Crippen molar-refractivity contribution >= 4 is 29.0 Å². The third-order valence-electron chi connectivity index (χ3n) is 2.91. The van der Waals surface area contributed by atoms with Crippen molar-refractivity contribution in [1.29, 1.82) is 0 Å². The quantitative estimate of drug-likeness (QED) is 0.891. The number of anilines is 1. The molecule has 1 aromatic carbocycles. The Morgan fingerprint density at radius 3 is 2.78 bits per heavy atom. The predicted octanol–water partition coefficient (Wildman–Crippen LogP) is 2.04. The molecule has 0 saturated heterocycles. The van der Waals surface area contributed by atoms with Crippen LogP contribution >= 0.6 is 11.6 Å². The van der Waals surface area contributed by atoms with Crippen molar-refractivity contribution < 1.29 is 9.59 Å². The van der Waals surface area contributed by atoms with Crippen molar-refractivity contribution in [2.45, 2.75) is 6.42 Å². The van der Waals surface area contributed by atoms with Gasteiger partial charge in [-0.25, -0.2) is 0 Å². The minimum Gasteiger partial charge on any atom is -0.325 e. The van der Waals surface area contributed by atoms with E-state index in [1.807, 2.05) is 19.0 Å². The zero-order chi connectivity index (χ0) is 13.3.